The molecule has 0 atom stereocenters. The molecule has 0 saturated heterocycles. The van der Waals surface area contributed by atoms with E-state index in [1.165, 1.54) is 6.07 Å². The number of aliphatic hydroxyl groups excluding tert-OH is 1. The van der Waals surface area contributed by atoms with Gasteiger partial charge in [-0.3, -0.25) is 14.2 Å². The van der Waals surface area contributed by atoms with Gasteiger partial charge in [-0.15, -0.1) is 5.11 Å². The van der Waals surface area contributed by atoms with Crippen molar-refractivity contribution in [1.82, 2.24) is 14.6 Å². The number of aliphatic hydroxyl groups is 1. The van der Waals surface area contributed by atoms with Crippen LogP contribution >= 0.6 is 0 Å². The number of sulfonamides is 1. The highest BCUT2D eigenvalue weighted by Gasteiger charge is 2.41. The van der Waals surface area contributed by atoms with Gasteiger partial charge in [0.05, 0.1) is 30.4 Å². The number of rotatable bonds is 12. The second kappa shape index (κ2) is 13.1. The molecule has 1 amide bonds. The summed E-state index contributed by atoms with van der Waals surface area (Å²) in [4.78, 5) is 23.3. The number of amides is 1. The van der Waals surface area contributed by atoms with Gasteiger partial charge in [0.15, 0.2) is 5.69 Å². The Kier molecular flexibility index (Phi) is 10.5. The molecule has 0 fully saturated rings. The molecule has 1 heterocycles. The molecule has 0 spiro atoms. The van der Waals surface area contributed by atoms with Gasteiger partial charge in [0.1, 0.15) is 17.2 Å². The summed E-state index contributed by atoms with van der Waals surface area (Å²) in [7, 11) is -3.96. The van der Waals surface area contributed by atoms with Crippen molar-refractivity contribution in [2.45, 2.75) is 24.5 Å². The highest BCUT2D eigenvalue weighted by Crippen LogP contribution is 2.42. The average molecular weight is 561 g/mol. The Bertz CT molecular complexity index is 1380. The van der Waals surface area contributed by atoms with E-state index >= 15 is 0 Å². The lowest BCUT2D eigenvalue weighted by Gasteiger charge is -2.16. The summed E-state index contributed by atoms with van der Waals surface area (Å²) in [5.74, 6) is -1.73. The molecule has 1 aromatic carbocycles. The molecule has 206 valence electrons. The van der Waals surface area contributed by atoms with Gasteiger partial charge in [-0.05, 0) is 24.3 Å². The minimum atomic E-state index is -5.27. The van der Waals surface area contributed by atoms with Crippen molar-refractivity contribution in [1.29, 1.82) is 5.26 Å². The summed E-state index contributed by atoms with van der Waals surface area (Å²) in [6, 6.07) is 5.64. The maximum absolute atomic E-state index is 13.8. The first-order valence-electron chi connectivity index (χ1n) is 10.7. The molecule has 38 heavy (non-hydrogen) atoms. The van der Waals surface area contributed by atoms with E-state index in [1.54, 1.807) is 0 Å². The van der Waals surface area contributed by atoms with Crippen LogP contribution in [0.15, 0.2) is 44.2 Å². The zero-order chi connectivity index (χ0) is 28.5. The largest absolute Gasteiger partial charge is 0.493 e. The molecule has 0 aliphatic rings. The molecule has 17 heteroatoms. The number of ether oxygens (including phenoxy) is 1. The van der Waals surface area contributed by atoms with Gasteiger partial charge in [0.25, 0.3) is 5.56 Å². The Morgan fingerprint density at radius 3 is 2.39 bits per heavy atom. The van der Waals surface area contributed by atoms with Crippen molar-refractivity contribution in [3.05, 3.63) is 45.7 Å². The number of aromatic nitrogens is 1. The molecule has 2 rings (SSSR count). The SMILES string of the molecule is CC(=O)NCCn1c(O)c(/N=N/c2ccc(S(=O)(=O)NCCOCCO)cc2)c(C(F)(F)F)c(C#N)c1=O. The minimum Gasteiger partial charge on any atom is -0.493 e. The number of benzene rings is 1. The number of carbonyl (C=O) groups excluding carboxylic acids is 1. The summed E-state index contributed by atoms with van der Waals surface area (Å²) in [6.07, 6.45) is -5.27. The van der Waals surface area contributed by atoms with Gasteiger partial charge in [0, 0.05) is 26.6 Å². The van der Waals surface area contributed by atoms with Gasteiger partial charge in [0.2, 0.25) is 21.8 Å². The van der Waals surface area contributed by atoms with Crippen LogP contribution in [-0.2, 0) is 32.3 Å². The van der Waals surface area contributed by atoms with E-state index in [1.807, 2.05) is 0 Å². The summed E-state index contributed by atoms with van der Waals surface area (Å²) in [5, 5.41) is 37.6. The number of carbonyl (C=O) groups is 1. The second-order valence-electron chi connectivity index (χ2n) is 7.40. The minimum absolute atomic E-state index is 0.00870. The van der Waals surface area contributed by atoms with Gasteiger partial charge in [-0.1, -0.05) is 0 Å². The third-order valence-corrected chi connectivity index (χ3v) is 6.18. The number of pyridine rings is 1. The average Bonchev–Trinajstić information content (AvgIpc) is 2.84. The van der Waals surface area contributed by atoms with Crippen LogP contribution in [0.5, 0.6) is 5.88 Å². The fraction of sp³-hybridized carbons (Fsp3) is 0.381. The zero-order valence-electron chi connectivity index (χ0n) is 19.8. The van der Waals surface area contributed by atoms with Crippen LogP contribution in [-0.4, -0.2) is 62.0 Å². The number of azo groups is 1. The Labute approximate surface area is 214 Å². The lowest BCUT2D eigenvalue weighted by atomic mass is 10.1. The Morgan fingerprint density at radius 1 is 1.18 bits per heavy atom. The normalized spacial score (nSPS) is 12.0. The van der Waals surface area contributed by atoms with Crippen molar-refractivity contribution < 1.29 is 41.3 Å². The Morgan fingerprint density at radius 2 is 1.84 bits per heavy atom. The molecule has 0 bridgehead atoms. The van der Waals surface area contributed by atoms with Gasteiger partial charge in [-0.2, -0.15) is 23.5 Å². The molecule has 0 radical (unpaired) electrons. The van der Waals surface area contributed by atoms with E-state index in [4.69, 9.17) is 9.84 Å². The maximum Gasteiger partial charge on any atom is 0.420 e. The Balaban J connectivity index is 2.42. The standard InChI is InChI=1S/C21H23F3N6O7S/c1-13(32)26-6-8-30-19(33)16(12-25)17(21(22,23)24)18(20(30)34)29-28-14-2-4-15(5-3-14)38(35,36)27-7-10-37-11-9-31/h2-5,27,31,34H,6-11H2,1H3,(H,26,32)/b29-28+. The highest BCUT2D eigenvalue weighted by molar-refractivity contribution is 7.89. The summed E-state index contributed by atoms with van der Waals surface area (Å²) in [5.41, 5.74) is -5.89. The molecule has 1 aromatic heterocycles. The van der Waals surface area contributed by atoms with Crippen LogP contribution in [0.25, 0.3) is 0 Å². The number of hydrogen-bond acceptors (Lipinski definition) is 10. The smallest absolute Gasteiger partial charge is 0.420 e. The number of nitrogens with zero attached hydrogens (tertiary/aromatic N) is 4. The summed E-state index contributed by atoms with van der Waals surface area (Å²) < 4.78 is 73.6. The van der Waals surface area contributed by atoms with Crippen LogP contribution < -0.4 is 15.6 Å². The molecule has 0 aliphatic heterocycles. The van der Waals surface area contributed by atoms with E-state index < -0.39 is 56.9 Å². The van der Waals surface area contributed by atoms with Crippen LogP contribution in [0.4, 0.5) is 24.5 Å². The molecular formula is C21H23F3N6O7S. The van der Waals surface area contributed by atoms with Gasteiger partial charge in [-0.25, -0.2) is 13.1 Å². The predicted octanol–water partition coefficient (Wildman–Crippen LogP) is 1.28. The fourth-order valence-corrected chi connectivity index (χ4v) is 4.03. The van der Waals surface area contributed by atoms with Crippen molar-refractivity contribution >= 4 is 27.3 Å². The molecule has 0 unspecified atom stereocenters. The Hall–Kier alpha value is -3.85. The quantitative estimate of drug-likeness (QED) is 0.220. The summed E-state index contributed by atoms with van der Waals surface area (Å²) >= 11 is 0. The fourth-order valence-electron chi connectivity index (χ4n) is 3.02. The van der Waals surface area contributed by atoms with Crippen LogP contribution in [0.3, 0.4) is 0 Å². The highest BCUT2D eigenvalue weighted by atomic mass is 32.2. The number of alkyl halides is 3. The monoisotopic (exact) mass is 560 g/mol. The molecule has 2 aromatic rings. The van der Waals surface area contributed by atoms with Crippen molar-refractivity contribution in [3.63, 3.8) is 0 Å². The summed E-state index contributed by atoms with van der Waals surface area (Å²) in [6.45, 7) is 0.195. The van der Waals surface area contributed by atoms with Gasteiger partial charge >= 0.3 is 6.18 Å². The van der Waals surface area contributed by atoms with Crippen LogP contribution in [0.1, 0.15) is 18.1 Å². The van der Waals surface area contributed by atoms with Crippen LogP contribution in [0.2, 0.25) is 0 Å². The van der Waals surface area contributed by atoms with Gasteiger partial charge < -0.3 is 20.3 Å². The third-order valence-electron chi connectivity index (χ3n) is 4.70. The lowest BCUT2D eigenvalue weighted by Crippen LogP contribution is -2.32. The molecule has 0 aliphatic carbocycles. The predicted molar refractivity (Wildman–Crippen MR) is 124 cm³/mol. The number of aromatic hydroxyl groups is 1. The number of nitriles is 1. The lowest BCUT2D eigenvalue weighted by molar-refractivity contribution is -0.137. The van der Waals surface area contributed by atoms with Crippen LogP contribution in [0, 0.1) is 11.3 Å². The molecule has 0 saturated carbocycles. The molecule has 4 N–H and O–H groups in total. The first-order valence-corrected chi connectivity index (χ1v) is 12.2. The maximum atomic E-state index is 13.8. The number of hydrogen-bond donors (Lipinski definition) is 4. The van der Waals surface area contributed by atoms with E-state index in [-0.39, 0.29) is 43.5 Å². The van der Waals surface area contributed by atoms with E-state index in [0.717, 1.165) is 31.2 Å². The first-order chi connectivity index (χ1) is 17.8. The van der Waals surface area contributed by atoms with Crippen molar-refractivity contribution in [2.24, 2.45) is 10.2 Å². The number of nitrogens with one attached hydrogen (secondary N) is 2. The third kappa shape index (κ3) is 7.82. The van der Waals surface area contributed by atoms with E-state index in [0.29, 0.717) is 4.57 Å². The van der Waals surface area contributed by atoms with E-state index in [2.05, 4.69) is 20.3 Å². The van der Waals surface area contributed by atoms with Crippen molar-refractivity contribution in [2.75, 3.05) is 32.9 Å². The molecule has 13 nitrogen and oxygen atoms in total. The van der Waals surface area contributed by atoms with Crippen molar-refractivity contribution in [3.8, 4) is 11.9 Å². The molecular weight excluding hydrogens is 537 g/mol. The second-order valence-corrected chi connectivity index (χ2v) is 9.17. The van der Waals surface area contributed by atoms with E-state index in [9.17, 15) is 41.5 Å². The zero-order valence-corrected chi connectivity index (χ0v) is 20.6. The topological polar surface area (TPSA) is 195 Å². The first kappa shape index (κ1) is 30.4. The number of halogens is 3.